The van der Waals surface area contributed by atoms with Gasteiger partial charge in [-0.25, -0.2) is 4.39 Å². The number of fused-ring (bicyclic) bond motifs is 1. The maximum atomic E-state index is 12.8. The Bertz CT molecular complexity index is 783. The molecule has 2 aromatic carbocycles. The van der Waals surface area contributed by atoms with Gasteiger partial charge < -0.3 is 0 Å². The van der Waals surface area contributed by atoms with Crippen LogP contribution in [0.1, 0.15) is 0 Å². The predicted molar refractivity (Wildman–Crippen MR) is 76.4 cm³/mol. The summed E-state index contributed by atoms with van der Waals surface area (Å²) < 4.78 is 14.4. The first kappa shape index (κ1) is 12.3. The molecule has 0 aliphatic rings. The second kappa shape index (κ2) is 5.11. The highest BCUT2D eigenvalue weighted by Crippen LogP contribution is 2.31. The molecule has 1 aromatic heterocycles. The van der Waals surface area contributed by atoms with E-state index in [1.807, 2.05) is 18.2 Å². The molecule has 2 nitrogen and oxygen atoms in total. The first-order chi connectivity index (χ1) is 9.22. The Morgan fingerprint density at radius 2 is 1.79 bits per heavy atom. The Labute approximate surface area is 116 Å². The Morgan fingerprint density at radius 3 is 2.58 bits per heavy atom. The van der Waals surface area contributed by atoms with Crippen LogP contribution in [0.3, 0.4) is 0 Å². The van der Waals surface area contributed by atoms with Crippen molar-refractivity contribution in [3.63, 3.8) is 0 Å². The lowest BCUT2D eigenvalue weighted by molar-refractivity contribution is 0.626. The normalized spacial score (nSPS) is 10.8. The maximum absolute atomic E-state index is 12.8. The van der Waals surface area contributed by atoms with Crippen LogP contribution in [0.5, 0.6) is 0 Å². The van der Waals surface area contributed by atoms with Crippen LogP contribution in [0.4, 0.5) is 4.39 Å². The van der Waals surface area contributed by atoms with Crippen molar-refractivity contribution in [1.29, 1.82) is 0 Å². The summed E-state index contributed by atoms with van der Waals surface area (Å²) in [6.07, 6.45) is 0. The smallest absolute Gasteiger partial charge is 0.267 e. The minimum Gasteiger partial charge on any atom is -0.267 e. The van der Waals surface area contributed by atoms with Crippen LogP contribution >= 0.6 is 23.1 Å². The molecule has 0 amide bonds. The minimum atomic E-state index is -0.274. The van der Waals surface area contributed by atoms with Crippen molar-refractivity contribution >= 4 is 33.2 Å². The van der Waals surface area contributed by atoms with Gasteiger partial charge in [0.2, 0.25) is 0 Å². The van der Waals surface area contributed by atoms with Gasteiger partial charge in [-0.3, -0.25) is 4.79 Å². The number of aromatic nitrogens is 1. The summed E-state index contributed by atoms with van der Waals surface area (Å²) in [6, 6.07) is 13.5. The molecule has 3 aromatic rings. The Morgan fingerprint density at radius 1 is 1.05 bits per heavy atom. The van der Waals surface area contributed by atoms with Crippen molar-refractivity contribution in [2.75, 3.05) is 0 Å². The largest absolute Gasteiger partial charge is 0.280 e. The van der Waals surface area contributed by atoms with Gasteiger partial charge in [0.25, 0.3) is 5.56 Å². The van der Waals surface area contributed by atoms with Gasteiger partial charge in [-0.05, 0) is 36.4 Å². The molecule has 0 saturated heterocycles. The molecule has 3 rings (SSSR count). The zero-order valence-electron chi connectivity index (χ0n) is 9.67. The first-order valence-corrected chi connectivity index (χ1v) is 7.19. The highest BCUT2D eigenvalue weighted by atomic mass is 32.2. The quantitative estimate of drug-likeness (QED) is 0.715. The standard InChI is InChI=1S/C14H8FNOS2/c15-9-5-7-10(8-6-9)18-14-16-13(17)11-3-1-2-4-12(11)19-14/h1-8H. The SMILES string of the molecule is O=c1nc(Sc2ccc(F)cc2)sc2ccccc12. The number of hydrogen-bond donors (Lipinski definition) is 0. The fraction of sp³-hybridized carbons (Fsp3) is 0. The predicted octanol–water partition coefficient (Wildman–Crippen LogP) is 3.95. The van der Waals surface area contributed by atoms with Crippen LogP contribution in [-0.4, -0.2) is 4.98 Å². The number of halogens is 1. The van der Waals surface area contributed by atoms with E-state index in [0.717, 1.165) is 9.60 Å². The van der Waals surface area contributed by atoms with Gasteiger partial charge >= 0.3 is 0 Å². The van der Waals surface area contributed by atoms with Gasteiger partial charge in [0.1, 0.15) is 5.82 Å². The van der Waals surface area contributed by atoms with E-state index in [0.29, 0.717) is 9.73 Å². The molecule has 0 bridgehead atoms. The molecule has 0 spiro atoms. The lowest BCUT2D eigenvalue weighted by atomic mass is 10.3. The summed E-state index contributed by atoms with van der Waals surface area (Å²) >= 11 is 2.82. The summed E-state index contributed by atoms with van der Waals surface area (Å²) in [5.74, 6) is -0.274. The van der Waals surface area contributed by atoms with Gasteiger partial charge in [0.15, 0.2) is 4.34 Å². The first-order valence-electron chi connectivity index (χ1n) is 5.56. The Balaban J connectivity index is 2.01. The van der Waals surface area contributed by atoms with Gasteiger partial charge in [0, 0.05) is 9.60 Å². The second-order valence-electron chi connectivity index (χ2n) is 3.84. The molecule has 1 heterocycles. The van der Waals surface area contributed by atoms with Gasteiger partial charge in [-0.1, -0.05) is 23.9 Å². The molecule has 0 N–H and O–H groups in total. The van der Waals surface area contributed by atoms with Gasteiger partial charge in [-0.15, -0.1) is 11.3 Å². The van der Waals surface area contributed by atoms with E-state index in [9.17, 15) is 9.18 Å². The summed E-state index contributed by atoms with van der Waals surface area (Å²) in [5, 5.41) is 0.635. The van der Waals surface area contributed by atoms with Gasteiger partial charge in [0.05, 0.1) is 5.39 Å². The lowest BCUT2D eigenvalue weighted by Crippen LogP contribution is -2.05. The van der Waals surface area contributed by atoms with Crippen molar-refractivity contribution in [2.45, 2.75) is 9.24 Å². The third kappa shape index (κ3) is 2.67. The van der Waals surface area contributed by atoms with Crippen molar-refractivity contribution in [1.82, 2.24) is 4.98 Å². The van der Waals surface area contributed by atoms with E-state index in [2.05, 4.69) is 4.98 Å². The average Bonchev–Trinajstić information content (AvgIpc) is 2.42. The Kier molecular flexibility index (Phi) is 3.31. The summed E-state index contributed by atoms with van der Waals surface area (Å²) in [7, 11) is 0. The van der Waals surface area contributed by atoms with Crippen molar-refractivity contribution in [2.24, 2.45) is 0 Å². The number of nitrogens with zero attached hydrogens (tertiary/aromatic N) is 1. The molecule has 0 atom stereocenters. The zero-order chi connectivity index (χ0) is 13.2. The number of benzene rings is 2. The van der Waals surface area contributed by atoms with E-state index in [1.54, 1.807) is 18.2 Å². The Hall–Kier alpha value is -1.72. The molecule has 0 radical (unpaired) electrons. The van der Waals surface area contributed by atoms with E-state index < -0.39 is 0 Å². The maximum Gasteiger partial charge on any atom is 0.280 e. The van der Waals surface area contributed by atoms with Crippen molar-refractivity contribution in [3.8, 4) is 0 Å². The third-order valence-electron chi connectivity index (χ3n) is 2.53. The molecule has 94 valence electrons. The third-order valence-corrected chi connectivity index (χ3v) is 4.64. The fourth-order valence-electron chi connectivity index (χ4n) is 1.64. The summed E-state index contributed by atoms with van der Waals surface area (Å²) in [4.78, 5) is 16.8. The van der Waals surface area contributed by atoms with Gasteiger partial charge in [-0.2, -0.15) is 4.98 Å². The molecule has 0 aliphatic heterocycles. The molecule has 0 unspecified atom stereocenters. The van der Waals surface area contributed by atoms with Crippen LogP contribution in [0.25, 0.3) is 10.1 Å². The van der Waals surface area contributed by atoms with Crippen molar-refractivity contribution < 1.29 is 4.39 Å². The lowest BCUT2D eigenvalue weighted by Gasteiger charge is -2.01. The average molecular weight is 289 g/mol. The highest BCUT2D eigenvalue weighted by molar-refractivity contribution is 8.01. The van der Waals surface area contributed by atoms with E-state index in [-0.39, 0.29) is 11.4 Å². The highest BCUT2D eigenvalue weighted by Gasteiger charge is 2.05. The minimum absolute atomic E-state index is 0.223. The second-order valence-corrected chi connectivity index (χ2v) is 6.19. The van der Waals surface area contributed by atoms with E-state index >= 15 is 0 Å². The topological polar surface area (TPSA) is 30.0 Å². The monoisotopic (exact) mass is 289 g/mol. The van der Waals surface area contributed by atoms with E-state index in [4.69, 9.17) is 0 Å². The molecule has 5 heteroatoms. The van der Waals surface area contributed by atoms with Crippen LogP contribution in [-0.2, 0) is 0 Å². The molecule has 0 saturated carbocycles. The van der Waals surface area contributed by atoms with Crippen LogP contribution in [0.15, 0.2) is 62.6 Å². The summed E-state index contributed by atoms with van der Waals surface area (Å²) in [5.41, 5.74) is -0.223. The molecular weight excluding hydrogens is 281 g/mol. The summed E-state index contributed by atoms with van der Waals surface area (Å²) in [6.45, 7) is 0. The van der Waals surface area contributed by atoms with Crippen LogP contribution in [0.2, 0.25) is 0 Å². The van der Waals surface area contributed by atoms with Crippen molar-refractivity contribution in [3.05, 3.63) is 64.7 Å². The molecular formula is C14H8FNOS2. The molecule has 0 fully saturated rings. The van der Waals surface area contributed by atoms with E-state index in [1.165, 1.54) is 35.2 Å². The zero-order valence-corrected chi connectivity index (χ0v) is 11.3. The molecule has 0 aliphatic carbocycles. The number of rotatable bonds is 2. The molecule has 19 heavy (non-hydrogen) atoms. The number of hydrogen-bond acceptors (Lipinski definition) is 4. The fourth-order valence-corrected chi connectivity index (χ4v) is 3.70. The van der Waals surface area contributed by atoms with Crippen LogP contribution < -0.4 is 5.56 Å². The van der Waals surface area contributed by atoms with Crippen LogP contribution in [0, 0.1) is 5.82 Å².